The molecule has 1 aromatic carbocycles. The summed E-state index contributed by atoms with van der Waals surface area (Å²) in [6.45, 7) is 3.77. The van der Waals surface area contributed by atoms with Crippen molar-refractivity contribution in [3.05, 3.63) is 23.8 Å². The van der Waals surface area contributed by atoms with Crippen molar-refractivity contribution in [3.63, 3.8) is 0 Å². The van der Waals surface area contributed by atoms with E-state index in [0.29, 0.717) is 5.56 Å². The van der Waals surface area contributed by atoms with Crippen molar-refractivity contribution in [2.45, 2.75) is 45.2 Å². The number of aliphatic hydroxyl groups excluding tert-OH is 1. The van der Waals surface area contributed by atoms with Gasteiger partial charge in [-0.2, -0.15) is 0 Å². The van der Waals surface area contributed by atoms with Gasteiger partial charge in [-0.3, -0.25) is 4.79 Å². The summed E-state index contributed by atoms with van der Waals surface area (Å²) in [6, 6.07) is 5.87. The molecule has 1 N–H and O–H groups in total. The van der Waals surface area contributed by atoms with E-state index in [2.05, 4.69) is 10.3 Å². The Bertz CT molecular complexity index is 667. The Morgan fingerprint density at radius 3 is 3.09 bits per heavy atom. The fourth-order valence-corrected chi connectivity index (χ4v) is 3.23. The second kappa shape index (κ2) is 6.44. The van der Waals surface area contributed by atoms with Crippen molar-refractivity contribution in [1.82, 2.24) is 19.9 Å². The Kier molecular flexibility index (Phi) is 4.38. The van der Waals surface area contributed by atoms with Crippen molar-refractivity contribution < 1.29 is 9.90 Å². The van der Waals surface area contributed by atoms with E-state index < -0.39 is 0 Å². The van der Waals surface area contributed by atoms with Gasteiger partial charge < -0.3 is 10.0 Å². The summed E-state index contributed by atoms with van der Waals surface area (Å²) in [5.74, 6) is 0.0633. The van der Waals surface area contributed by atoms with E-state index in [1.165, 1.54) is 0 Å². The van der Waals surface area contributed by atoms with E-state index in [1.54, 1.807) is 0 Å². The minimum absolute atomic E-state index is 0.0633. The van der Waals surface area contributed by atoms with Crippen molar-refractivity contribution in [1.29, 1.82) is 0 Å². The summed E-state index contributed by atoms with van der Waals surface area (Å²) in [5.41, 5.74) is 2.39. The average Bonchev–Trinajstić information content (AvgIpc) is 3.17. The molecule has 3 rings (SSSR count). The molecule has 6 heteroatoms. The zero-order chi connectivity index (χ0) is 15.5. The SMILES string of the molecule is CCn1nnc2cc(C(=O)N3CCCC3CCCO)ccc21. The second-order valence-corrected chi connectivity index (χ2v) is 5.77. The zero-order valence-corrected chi connectivity index (χ0v) is 12.9. The summed E-state index contributed by atoms with van der Waals surface area (Å²) < 4.78 is 1.82. The molecule has 6 nitrogen and oxygen atoms in total. The van der Waals surface area contributed by atoms with Crippen LogP contribution in [0.5, 0.6) is 0 Å². The summed E-state index contributed by atoms with van der Waals surface area (Å²) >= 11 is 0. The Morgan fingerprint density at radius 2 is 2.32 bits per heavy atom. The van der Waals surface area contributed by atoms with Gasteiger partial charge in [-0.05, 0) is 50.8 Å². The molecular formula is C16H22N4O2. The van der Waals surface area contributed by atoms with Crippen LogP contribution >= 0.6 is 0 Å². The number of likely N-dealkylation sites (tertiary alicyclic amines) is 1. The van der Waals surface area contributed by atoms with Crippen LogP contribution in [0.2, 0.25) is 0 Å². The standard InChI is InChI=1S/C16H22N4O2/c1-2-20-15-8-7-12(11-14(15)17-18-20)16(22)19-9-3-5-13(19)6-4-10-21/h7-8,11,13,21H,2-6,9-10H2,1H3. The number of aliphatic hydroxyl groups is 1. The predicted molar refractivity (Wildman–Crippen MR) is 83.6 cm³/mol. The topological polar surface area (TPSA) is 71.2 Å². The Morgan fingerprint density at radius 1 is 1.45 bits per heavy atom. The highest BCUT2D eigenvalue weighted by Crippen LogP contribution is 2.24. The van der Waals surface area contributed by atoms with Gasteiger partial charge in [0.2, 0.25) is 0 Å². The van der Waals surface area contributed by atoms with Crippen LogP contribution in [0, 0.1) is 0 Å². The van der Waals surface area contributed by atoms with Gasteiger partial charge >= 0.3 is 0 Å². The van der Waals surface area contributed by atoms with E-state index in [-0.39, 0.29) is 18.6 Å². The van der Waals surface area contributed by atoms with E-state index >= 15 is 0 Å². The van der Waals surface area contributed by atoms with Gasteiger partial charge in [-0.15, -0.1) is 5.10 Å². The first-order valence-electron chi connectivity index (χ1n) is 7.99. The summed E-state index contributed by atoms with van der Waals surface area (Å²) in [6.07, 6.45) is 3.69. The molecule has 1 amide bonds. The highest BCUT2D eigenvalue weighted by Gasteiger charge is 2.29. The van der Waals surface area contributed by atoms with E-state index in [9.17, 15) is 4.79 Å². The number of aromatic nitrogens is 3. The van der Waals surface area contributed by atoms with Gasteiger partial charge in [0.15, 0.2) is 0 Å². The number of benzene rings is 1. The van der Waals surface area contributed by atoms with E-state index in [0.717, 1.165) is 49.8 Å². The predicted octanol–water partition coefficient (Wildman–Crippen LogP) is 1.83. The molecular weight excluding hydrogens is 280 g/mol. The smallest absolute Gasteiger partial charge is 0.254 e. The van der Waals surface area contributed by atoms with Crippen LogP contribution in [-0.4, -0.2) is 50.1 Å². The normalized spacial score (nSPS) is 18.3. The summed E-state index contributed by atoms with van der Waals surface area (Å²) in [7, 11) is 0. The van der Waals surface area contributed by atoms with Crippen LogP contribution in [0.3, 0.4) is 0 Å². The molecule has 1 unspecified atom stereocenters. The monoisotopic (exact) mass is 302 g/mol. The number of aryl methyl sites for hydroxylation is 1. The third kappa shape index (κ3) is 2.70. The molecule has 0 saturated carbocycles. The summed E-state index contributed by atoms with van der Waals surface area (Å²) in [4.78, 5) is 14.7. The first-order valence-corrected chi connectivity index (χ1v) is 7.99. The number of hydrogen-bond acceptors (Lipinski definition) is 4. The van der Waals surface area contributed by atoms with Crippen molar-refractivity contribution in [2.24, 2.45) is 0 Å². The molecule has 0 spiro atoms. The lowest BCUT2D eigenvalue weighted by Gasteiger charge is -2.24. The minimum atomic E-state index is 0.0633. The molecule has 1 saturated heterocycles. The lowest BCUT2D eigenvalue weighted by molar-refractivity contribution is 0.0724. The fourth-order valence-electron chi connectivity index (χ4n) is 3.23. The Balaban J connectivity index is 1.82. The van der Waals surface area contributed by atoms with Crippen LogP contribution in [0.4, 0.5) is 0 Å². The van der Waals surface area contributed by atoms with Gasteiger partial charge in [0, 0.05) is 31.3 Å². The largest absolute Gasteiger partial charge is 0.396 e. The maximum absolute atomic E-state index is 12.7. The molecule has 0 aliphatic carbocycles. The molecule has 0 bridgehead atoms. The maximum atomic E-state index is 12.7. The quantitative estimate of drug-likeness (QED) is 0.914. The van der Waals surface area contributed by atoms with Crippen LogP contribution in [0.25, 0.3) is 11.0 Å². The Labute approximate surface area is 129 Å². The lowest BCUT2D eigenvalue weighted by atomic mass is 10.1. The van der Waals surface area contributed by atoms with Crippen molar-refractivity contribution in [2.75, 3.05) is 13.2 Å². The van der Waals surface area contributed by atoms with Crippen LogP contribution in [0.1, 0.15) is 43.0 Å². The molecule has 1 aliphatic rings. The van der Waals surface area contributed by atoms with Crippen LogP contribution < -0.4 is 0 Å². The molecule has 118 valence electrons. The molecule has 1 aromatic heterocycles. The number of carbonyl (C=O) groups is 1. The van der Waals surface area contributed by atoms with E-state index in [1.807, 2.05) is 34.7 Å². The third-order valence-electron chi connectivity index (χ3n) is 4.39. The van der Waals surface area contributed by atoms with Crippen LogP contribution in [-0.2, 0) is 6.54 Å². The van der Waals surface area contributed by atoms with Gasteiger partial charge in [0.05, 0.1) is 5.52 Å². The number of amides is 1. The minimum Gasteiger partial charge on any atom is -0.396 e. The molecule has 0 radical (unpaired) electrons. The first-order chi connectivity index (χ1) is 10.7. The molecule has 2 aromatic rings. The molecule has 1 aliphatic heterocycles. The number of fused-ring (bicyclic) bond motifs is 1. The number of rotatable bonds is 5. The van der Waals surface area contributed by atoms with E-state index in [4.69, 9.17) is 5.11 Å². The Hall–Kier alpha value is -1.95. The number of nitrogens with zero attached hydrogens (tertiary/aromatic N) is 4. The number of carbonyl (C=O) groups excluding carboxylic acids is 1. The number of hydrogen-bond donors (Lipinski definition) is 1. The fraction of sp³-hybridized carbons (Fsp3) is 0.562. The average molecular weight is 302 g/mol. The lowest BCUT2D eigenvalue weighted by Crippen LogP contribution is -2.35. The molecule has 22 heavy (non-hydrogen) atoms. The molecule has 1 fully saturated rings. The van der Waals surface area contributed by atoms with Crippen molar-refractivity contribution >= 4 is 16.9 Å². The third-order valence-corrected chi connectivity index (χ3v) is 4.39. The van der Waals surface area contributed by atoms with Gasteiger partial charge in [0.1, 0.15) is 5.52 Å². The van der Waals surface area contributed by atoms with Crippen LogP contribution in [0.15, 0.2) is 18.2 Å². The van der Waals surface area contributed by atoms with Crippen molar-refractivity contribution in [3.8, 4) is 0 Å². The molecule has 2 heterocycles. The molecule has 1 atom stereocenters. The van der Waals surface area contributed by atoms with Gasteiger partial charge in [0.25, 0.3) is 5.91 Å². The summed E-state index contributed by atoms with van der Waals surface area (Å²) in [5, 5.41) is 17.2. The first kappa shape index (κ1) is 15.0. The van der Waals surface area contributed by atoms with Gasteiger partial charge in [-0.25, -0.2) is 4.68 Å². The highest BCUT2D eigenvalue weighted by molar-refractivity contribution is 5.97. The second-order valence-electron chi connectivity index (χ2n) is 5.77. The zero-order valence-electron chi connectivity index (χ0n) is 12.9. The van der Waals surface area contributed by atoms with Gasteiger partial charge in [-0.1, -0.05) is 5.21 Å². The highest BCUT2D eigenvalue weighted by atomic mass is 16.3. The maximum Gasteiger partial charge on any atom is 0.254 e.